The van der Waals surface area contributed by atoms with Gasteiger partial charge in [0.05, 0.1) is 32.7 Å². The third-order valence-corrected chi connectivity index (χ3v) is 7.52. The number of hydrogen-bond acceptors (Lipinski definition) is 8. The number of thiophene rings is 1. The highest BCUT2D eigenvalue weighted by atomic mass is 32.1. The van der Waals surface area contributed by atoms with Gasteiger partial charge in [-0.15, -0.1) is 11.3 Å². The molecule has 176 valence electrons. The van der Waals surface area contributed by atoms with Crippen molar-refractivity contribution in [2.75, 3.05) is 43.4 Å². The molecule has 1 aliphatic rings. The number of likely N-dealkylation sites (N-methyl/N-ethyl adjacent to an activating group) is 1. The zero-order chi connectivity index (χ0) is 23.8. The lowest BCUT2D eigenvalue weighted by Gasteiger charge is -2.35. The van der Waals surface area contributed by atoms with Crippen LogP contribution in [0.15, 0.2) is 36.7 Å². The Labute approximate surface area is 202 Å². The van der Waals surface area contributed by atoms with E-state index in [9.17, 15) is 0 Å². The molecule has 0 aliphatic carbocycles. The minimum atomic E-state index is -0.524. The second-order valence-corrected chi connectivity index (χ2v) is 9.85. The van der Waals surface area contributed by atoms with Crippen molar-refractivity contribution in [3.63, 3.8) is 0 Å². The van der Waals surface area contributed by atoms with E-state index in [2.05, 4.69) is 50.5 Å². The Hall–Kier alpha value is -3.17. The van der Waals surface area contributed by atoms with E-state index in [4.69, 9.17) is 5.73 Å². The fourth-order valence-electron chi connectivity index (χ4n) is 4.36. The van der Waals surface area contributed by atoms with E-state index in [1.165, 1.54) is 16.9 Å². The van der Waals surface area contributed by atoms with E-state index in [0.717, 1.165) is 48.6 Å². The van der Waals surface area contributed by atoms with Gasteiger partial charge in [-0.25, -0.2) is 14.4 Å². The van der Waals surface area contributed by atoms with Crippen LogP contribution in [0.25, 0.3) is 32.2 Å². The molecule has 0 saturated carbocycles. The predicted molar refractivity (Wildman–Crippen MR) is 137 cm³/mol. The van der Waals surface area contributed by atoms with Gasteiger partial charge in [0.25, 0.3) is 0 Å². The summed E-state index contributed by atoms with van der Waals surface area (Å²) in [6.45, 7) is 11.5. The van der Waals surface area contributed by atoms with Crippen molar-refractivity contribution in [2.24, 2.45) is 0 Å². The molecule has 34 heavy (non-hydrogen) atoms. The first-order valence-electron chi connectivity index (χ1n) is 11.6. The van der Waals surface area contributed by atoms with Crippen LogP contribution in [0.3, 0.4) is 0 Å². The summed E-state index contributed by atoms with van der Waals surface area (Å²) in [7, 11) is 0. The Morgan fingerprint density at radius 2 is 1.82 bits per heavy atom. The van der Waals surface area contributed by atoms with Gasteiger partial charge >= 0.3 is 0 Å². The van der Waals surface area contributed by atoms with E-state index in [0.29, 0.717) is 16.5 Å². The molecule has 0 aromatic carbocycles. The second kappa shape index (κ2) is 9.23. The lowest BCUT2D eigenvalue weighted by atomic mass is 10.0. The van der Waals surface area contributed by atoms with Gasteiger partial charge < -0.3 is 15.5 Å². The van der Waals surface area contributed by atoms with E-state index >= 15 is 4.39 Å². The van der Waals surface area contributed by atoms with Gasteiger partial charge in [-0.05, 0) is 42.3 Å². The quantitative estimate of drug-likeness (QED) is 0.442. The number of pyridine rings is 2. The molecule has 7 nitrogen and oxygen atoms in total. The number of nitrogens with zero attached hydrogens (tertiary/aromatic N) is 6. The Morgan fingerprint density at radius 3 is 2.50 bits per heavy atom. The molecular formula is C25H28FN7S. The van der Waals surface area contributed by atoms with Crippen LogP contribution in [0.5, 0.6) is 0 Å². The summed E-state index contributed by atoms with van der Waals surface area (Å²) < 4.78 is 16.7. The average Bonchev–Trinajstić information content (AvgIpc) is 3.29. The Kier molecular flexibility index (Phi) is 6.14. The fraction of sp³-hybridized carbons (Fsp3) is 0.360. The third-order valence-electron chi connectivity index (χ3n) is 6.34. The molecule has 9 heteroatoms. The first-order chi connectivity index (χ1) is 16.4. The lowest BCUT2D eigenvalue weighted by Crippen LogP contribution is -2.46. The van der Waals surface area contributed by atoms with Crippen molar-refractivity contribution >= 4 is 33.2 Å². The smallest absolute Gasteiger partial charge is 0.221 e. The van der Waals surface area contributed by atoms with Crippen molar-refractivity contribution in [1.29, 1.82) is 0 Å². The average molecular weight is 478 g/mol. The molecule has 0 amide bonds. The molecule has 0 spiro atoms. The number of piperazine rings is 1. The number of hydrogen-bond donors (Lipinski definition) is 1. The molecule has 1 saturated heterocycles. The zero-order valence-corrected chi connectivity index (χ0v) is 20.4. The van der Waals surface area contributed by atoms with Gasteiger partial charge in [0.2, 0.25) is 5.95 Å². The maximum Gasteiger partial charge on any atom is 0.221 e. The number of rotatable bonds is 5. The van der Waals surface area contributed by atoms with E-state index in [1.807, 2.05) is 18.2 Å². The molecule has 1 fully saturated rings. The van der Waals surface area contributed by atoms with Crippen molar-refractivity contribution in [3.05, 3.63) is 48.0 Å². The summed E-state index contributed by atoms with van der Waals surface area (Å²) in [6, 6.07) is 7.66. The van der Waals surface area contributed by atoms with Crippen molar-refractivity contribution in [2.45, 2.75) is 26.7 Å². The standard InChI is InChI=1S/C25H28FN7S/c1-4-32-9-11-33(12-10-32)16-5-6-18(29-14-16)22-21(26)23(31-25(27)30-22)20-13-19-24(34-20)17(15(2)3)7-8-28-19/h5-8,13-15H,4,9-12H2,1-3H3,(H2,27,30,31). The summed E-state index contributed by atoms with van der Waals surface area (Å²) >= 11 is 1.48. The number of nitrogen functional groups attached to an aromatic ring is 1. The predicted octanol–water partition coefficient (Wildman–Crippen LogP) is 4.80. The first-order valence-corrected chi connectivity index (χ1v) is 12.4. The highest BCUT2D eigenvalue weighted by Crippen LogP contribution is 2.38. The van der Waals surface area contributed by atoms with Gasteiger partial charge in [0.1, 0.15) is 11.4 Å². The molecule has 0 atom stereocenters. The number of halogens is 1. The summed E-state index contributed by atoms with van der Waals surface area (Å²) in [5, 5.41) is 0. The summed E-state index contributed by atoms with van der Waals surface area (Å²) in [5.41, 5.74) is 9.77. The number of nitrogens with two attached hydrogens (primary N) is 1. The molecule has 0 unspecified atom stereocenters. The molecule has 4 aromatic heterocycles. The minimum absolute atomic E-state index is 0.0162. The van der Waals surface area contributed by atoms with Crippen LogP contribution in [-0.4, -0.2) is 57.6 Å². The molecule has 5 heterocycles. The maximum absolute atomic E-state index is 15.7. The van der Waals surface area contributed by atoms with E-state index < -0.39 is 5.82 Å². The largest absolute Gasteiger partial charge is 0.368 e. The maximum atomic E-state index is 15.7. The van der Waals surface area contributed by atoms with Crippen LogP contribution in [-0.2, 0) is 0 Å². The van der Waals surface area contributed by atoms with Crippen molar-refractivity contribution in [3.8, 4) is 22.0 Å². The number of fused-ring (bicyclic) bond motifs is 1. The van der Waals surface area contributed by atoms with Gasteiger partial charge in [-0.1, -0.05) is 20.8 Å². The van der Waals surface area contributed by atoms with Crippen LogP contribution in [0.2, 0.25) is 0 Å². The van der Waals surface area contributed by atoms with Crippen LogP contribution in [0.1, 0.15) is 32.3 Å². The first kappa shape index (κ1) is 22.6. The topological polar surface area (TPSA) is 84.1 Å². The van der Waals surface area contributed by atoms with Gasteiger partial charge in [-0.3, -0.25) is 9.97 Å². The van der Waals surface area contributed by atoms with Gasteiger partial charge in [-0.2, -0.15) is 0 Å². The fourth-order valence-corrected chi connectivity index (χ4v) is 5.62. The Balaban J connectivity index is 1.48. The minimum Gasteiger partial charge on any atom is -0.368 e. The molecule has 4 aromatic rings. The van der Waals surface area contributed by atoms with E-state index in [1.54, 1.807) is 18.5 Å². The summed E-state index contributed by atoms with van der Waals surface area (Å²) in [5.74, 6) is -0.174. The number of anilines is 2. The Morgan fingerprint density at radius 1 is 1.06 bits per heavy atom. The molecule has 0 bridgehead atoms. The highest BCUT2D eigenvalue weighted by Gasteiger charge is 2.21. The lowest BCUT2D eigenvalue weighted by molar-refractivity contribution is 0.271. The normalized spacial score (nSPS) is 14.9. The second-order valence-electron chi connectivity index (χ2n) is 8.80. The van der Waals surface area contributed by atoms with Gasteiger partial charge in [0.15, 0.2) is 5.82 Å². The third kappa shape index (κ3) is 4.21. The number of aromatic nitrogens is 4. The van der Waals surface area contributed by atoms with Crippen molar-refractivity contribution in [1.82, 2.24) is 24.8 Å². The monoisotopic (exact) mass is 477 g/mol. The molecular weight excluding hydrogens is 449 g/mol. The summed E-state index contributed by atoms with van der Waals surface area (Å²) in [4.78, 5) is 22.8. The zero-order valence-electron chi connectivity index (χ0n) is 19.6. The molecule has 1 aliphatic heterocycles. The molecule has 2 N–H and O–H groups in total. The molecule has 5 rings (SSSR count). The van der Waals surface area contributed by atoms with Crippen LogP contribution >= 0.6 is 11.3 Å². The molecule has 0 radical (unpaired) electrons. The Bertz CT molecular complexity index is 1310. The SMILES string of the molecule is CCN1CCN(c2ccc(-c3nc(N)nc(-c4cc5nccc(C(C)C)c5s4)c3F)nc2)CC1. The van der Waals surface area contributed by atoms with Crippen LogP contribution in [0.4, 0.5) is 16.0 Å². The summed E-state index contributed by atoms with van der Waals surface area (Å²) in [6.07, 6.45) is 3.57. The van der Waals surface area contributed by atoms with Crippen LogP contribution < -0.4 is 10.6 Å². The van der Waals surface area contributed by atoms with E-state index in [-0.39, 0.29) is 17.3 Å². The van der Waals surface area contributed by atoms with Crippen molar-refractivity contribution < 1.29 is 4.39 Å². The van der Waals surface area contributed by atoms with Gasteiger partial charge in [0, 0.05) is 32.4 Å². The highest BCUT2D eigenvalue weighted by molar-refractivity contribution is 7.22. The van der Waals surface area contributed by atoms with Crippen LogP contribution in [0, 0.1) is 5.82 Å².